The lowest BCUT2D eigenvalue weighted by molar-refractivity contribution is -0.0150. The number of aliphatic hydroxyl groups is 1. The normalized spacial score (nSPS) is 13.9. The predicted molar refractivity (Wildman–Crippen MR) is 77.8 cm³/mol. The van der Waals surface area contributed by atoms with Gasteiger partial charge in [-0.25, -0.2) is 0 Å². The van der Waals surface area contributed by atoms with Crippen LogP contribution in [0.5, 0.6) is 0 Å². The van der Waals surface area contributed by atoms with Crippen LogP contribution in [0.4, 0.5) is 0 Å². The van der Waals surface area contributed by atoms with Crippen LogP contribution >= 0.6 is 0 Å². The van der Waals surface area contributed by atoms with E-state index in [-0.39, 0.29) is 5.54 Å². The Labute approximate surface area is 112 Å². The molecule has 0 aliphatic carbocycles. The van der Waals surface area contributed by atoms with Gasteiger partial charge >= 0.3 is 0 Å². The number of nitrogens with zero attached hydrogens (tertiary/aromatic N) is 1. The molecule has 2 nitrogen and oxygen atoms in total. The van der Waals surface area contributed by atoms with Crippen LogP contribution in [-0.4, -0.2) is 29.6 Å². The predicted octanol–water partition coefficient (Wildman–Crippen LogP) is 3.40. The zero-order valence-corrected chi connectivity index (χ0v) is 12.4. The van der Waals surface area contributed by atoms with Crippen molar-refractivity contribution in [3.8, 4) is 0 Å². The fourth-order valence-corrected chi connectivity index (χ4v) is 2.81. The number of aliphatic hydroxyl groups excluding tert-OH is 1. The largest absolute Gasteiger partial charge is 0.386 e. The van der Waals surface area contributed by atoms with Crippen molar-refractivity contribution in [2.24, 2.45) is 0 Å². The van der Waals surface area contributed by atoms with Crippen molar-refractivity contribution < 1.29 is 5.11 Å². The molecule has 0 aliphatic heterocycles. The Hall–Kier alpha value is -0.860. The lowest BCUT2D eigenvalue weighted by atomic mass is 9.81. The Morgan fingerprint density at radius 3 is 2.22 bits per heavy atom. The van der Waals surface area contributed by atoms with Crippen LogP contribution in [0.15, 0.2) is 24.3 Å². The Morgan fingerprint density at radius 2 is 1.78 bits per heavy atom. The van der Waals surface area contributed by atoms with Gasteiger partial charge in [0.1, 0.15) is 0 Å². The number of likely N-dealkylation sites (N-methyl/N-ethyl adjacent to an activating group) is 1. The molecule has 0 heterocycles. The average Bonchev–Trinajstić information content (AvgIpc) is 2.40. The van der Waals surface area contributed by atoms with Gasteiger partial charge in [0.25, 0.3) is 0 Å². The molecule has 2 heteroatoms. The molecule has 0 spiro atoms. The summed E-state index contributed by atoms with van der Waals surface area (Å²) in [5.41, 5.74) is 2.14. The summed E-state index contributed by atoms with van der Waals surface area (Å²) in [5, 5.41) is 10.8. The Kier molecular flexibility index (Phi) is 5.36. The molecule has 1 atom stereocenters. The average molecular weight is 249 g/mol. The summed E-state index contributed by atoms with van der Waals surface area (Å²) in [6, 6.07) is 8.33. The summed E-state index contributed by atoms with van der Waals surface area (Å²) in [5.74, 6) is 0. The van der Waals surface area contributed by atoms with E-state index < -0.39 is 6.10 Å². The number of rotatable bonds is 6. The third kappa shape index (κ3) is 2.76. The molecule has 1 aromatic carbocycles. The van der Waals surface area contributed by atoms with E-state index in [0.717, 1.165) is 24.8 Å². The second-order valence-electron chi connectivity index (χ2n) is 5.21. The standard InChI is InChI=1S/C16H27NO/c1-6-13-10-9-11-14(12-13)15(18)16(7-2,8-3)17(4)5/h9-12,15,18H,6-8H2,1-5H3. The van der Waals surface area contributed by atoms with E-state index in [1.165, 1.54) is 5.56 Å². The summed E-state index contributed by atoms with van der Waals surface area (Å²) in [6.45, 7) is 6.44. The fourth-order valence-electron chi connectivity index (χ4n) is 2.81. The van der Waals surface area contributed by atoms with E-state index in [4.69, 9.17) is 0 Å². The van der Waals surface area contributed by atoms with Crippen molar-refractivity contribution in [2.75, 3.05) is 14.1 Å². The van der Waals surface area contributed by atoms with Crippen LogP contribution in [0.2, 0.25) is 0 Å². The lowest BCUT2D eigenvalue weighted by Crippen LogP contribution is -2.48. The van der Waals surface area contributed by atoms with E-state index in [9.17, 15) is 5.11 Å². The zero-order chi connectivity index (χ0) is 13.8. The quantitative estimate of drug-likeness (QED) is 0.835. The van der Waals surface area contributed by atoms with Gasteiger partial charge in [-0.05, 0) is 44.5 Å². The third-order valence-corrected chi connectivity index (χ3v) is 4.30. The van der Waals surface area contributed by atoms with E-state index in [1.807, 2.05) is 12.1 Å². The highest BCUT2D eigenvalue weighted by Gasteiger charge is 2.37. The van der Waals surface area contributed by atoms with Gasteiger partial charge in [0.05, 0.1) is 6.10 Å². The Balaban J connectivity index is 3.12. The number of hydrogen-bond acceptors (Lipinski definition) is 2. The van der Waals surface area contributed by atoms with Crippen molar-refractivity contribution in [1.29, 1.82) is 0 Å². The summed E-state index contributed by atoms with van der Waals surface area (Å²) in [6.07, 6.45) is 2.45. The van der Waals surface area contributed by atoms with Crippen molar-refractivity contribution in [2.45, 2.75) is 51.7 Å². The maximum Gasteiger partial charge on any atom is 0.0973 e. The van der Waals surface area contributed by atoms with Gasteiger partial charge in [-0.2, -0.15) is 0 Å². The molecule has 0 aromatic heterocycles. The summed E-state index contributed by atoms with van der Waals surface area (Å²) >= 11 is 0. The van der Waals surface area contributed by atoms with Gasteiger partial charge < -0.3 is 10.0 Å². The van der Waals surface area contributed by atoms with E-state index in [0.29, 0.717) is 0 Å². The minimum atomic E-state index is -0.436. The number of aryl methyl sites for hydroxylation is 1. The number of hydrogen-bond donors (Lipinski definition) is 1. The van der Waals surface area contributed by atoms with Crippen molar-refractivity contribution >= 4 is 0 Å². The minimum absolute atomic E-state index is 0.174. The molecule has 1 N–H and O–H groups in total. The van der Waals surface area contributed by atoms with Crippen LogP contribution < -0.4 is 0 Å². The van der Waals surface area contributed by atoms with E-state index in [1.54, 1.807) is 0 Å². The van der Waals surface area contributed by atoms with Gasteiger partial charge in [0.15, 0.2) is 0 Å². The Bertz CT molecular complexity index is 369. The van der Waals surface area contributed by atoms with Gasteiger partial charge in [-0.3, -0.25) is 0 Å². The highest BCUT2D eigenvalue weighted by molar-refractivity contribution is 5.27. The zero-order valence-electron chi connectivity index (χ0n) is 12.4. The molecule has 18 heavy (non-hydrogen) atoms. The highest BCUT2D eigenvalue weighted by atomic mass is 16.3. The maximum atomic E-state index is 10.8. The number of benzene rings is 1. The monoisotopic (exact) mass is 249 g/mol. The molecule has 1 aromatic rings. The molecule has 0 saturated carbocycles. The van der Waals surface area contributed by atoms with Crippen LogP contribution in [0, 0.1) is 0 Å². The molecule has 1 unspecified atom stereocenters. The van der Waals surface area contributed by atoms with Gasteiger partial charge in [-0.1, -0.05) is 45.0 Å². The molecule has 0 radical (unpaired) electrons. The summed E-state index contributed by atoms with van der Waals surface area (Å²) < 4.78 is 0. The van der Waals surface area contributed by atoms with Crippen LogP contribution in [-0.2, 0) is 6.42 Å². The first-order valence-electron chi connectivity index (χ1n) is 6.96. The lowest BCUT2D eigenvalue weighted by Gasteiger charge is -2.42. The Morgan fingerprint density at radius 1 is 1.17 bits per heavy atom. The van der Waals surface area contributed by atoms with Crippen LogP contribution in [0.25, 0.3) is 0 Å². The van der Waals surface area contributed by atoms with Crippen molar-refractivity contribution in [3.63, 3.8) is 0 Å². The van der Waals surface area contributed by atoms with Crippen LogP contribution in [0.3, 0.4) is 0 Å². The second-order valence-corrected chi connectivity index (χ2v) is 5.21. The molecular weight excluding hydrogens is 222 g/mol. The molecular formula is C16H27NO. The van der Waals surface area contributed by atoms with Crippen molar-refractivity contribution in [3.05, 3.63) is 35.4 Å². The highest BCUT2D eigenvalue weighted by Crippen LogP contribution is 2.36. The van der Waals surface area contributed by atoms with E-state index in [2.05, 4.69) is 51.9 Å². The van der Waals surface area contributed by atoms with E-state index >= 15 is 0 Å². The summed E-state index contributed by atoms with van der Waals surface area (Å²) in [4.78, 5) is 2.16. The van der Waals surface area contributed by atoms with Crippen molar-refractivity contribution in [1.82, 2.24) is 4.90 Å². The van der Waals surface area contributed by atoms with Gasteiger partial charge in [-0.15, -0.1) is 0 Å². The molecule has 0 amide bonds. The van der Waals surface area contributed by atoms with Gasteiger partial charge in [0.2, 0.25) is 0 Å². The minimum Gasteiger partial charge on any atom is -0.386 e. The topological polar surface area (TPSA) is 23.5 Å². The SMILES string of the molecule is CCc1cccc(C(O)C(CC)(CC)N(C)C)c1. The second kappa shape index (κ2) is 6.35. The van der Waals surface area contributed by atoms with Gasteiger partial charge in [0, 0.05) is 5.54 Å². The smallest absolute Gasteiger partial charge is 0.0973 e. The first-order chi connectivity index (χ1) is 8.51. The molecule has 1 rings (SSSR count). The molecule has 0 fully saturated rings. The fraction of sp³-hybridized carbons (Fsp3) is 0.625. The third-order valence-electron chi connectivity index (χ3n) is 4.30. The molecule has 0 aliphatic rings. The molecule has 0 bridgehead atoms. The molecule has 0 saturated heterocycles. The maximum absolute atomic E-state index is 10.8. The first kappa shape index (κ1) is 15.2. The first-order valence-corrected chi connectivity index (χ1v) is 6.96. The van der Waals surface area contributed by atoms with Crippen LogP contribution in [0.1, 0.15) is 50.8 Å². The summed E-state index contributed by atoms with van der Waals surface area (Å²) in [7, 11) is 4.11. The molecule has 102 valence electrons.